The quantitative estimate of drug-likeness (QED) is 0.735. The van der Waals surface area contributed by atoms with E-state index >= 15 is 0 Å². The third kappa shape index (κ3) is 5.63. The van der Waals surface area contributed by atoms with Crippen molar-refractivity contribution >= 4 is 40.7 Å². The topological polar surface area (TPSA) is 70.2 Å². The Hall–Kier alpha value is -1.89. The number of halogens is 2. The fourth-order valence-corrected chi connectivity index (χ4v) is 2.26. The van der Waals surface area contributed by atoms with Gasteiger partial charge >= 0.3 is 0 Å². The van der Waals surface area contributed by atoms with Crippen molar-refractivity contribution in [1.82, 2.24) is 20.2 Å². The van der Waals surface area contributed by atoms with Gasteiger partial charge in [-0.2, -0.15) is 0 Å². The average Bonchev–Trinajstić information content (AvgIpc) is 2.55. The third-order valence-corrected chi connectivity index (χ3v) is 3.72. The maximum atomic E-state index is 12.0. The molecule has 0 saturated carbocycles. The van der Waals surface area contributed by atoms with Crippen molar-refractivity contribution in [3.63, 3.8) is 0 Å². The number of amides is 1. The Balaban J connectivity index is 1.92. The molecule has 0 atom stereocenters. The van der Waals surface area contributed by atoms with Crippen molar-refractivity contribution in [2.45, 2.75) is 6.42 Å². The number of nitrogens with one attached hydrogen (secondary N) is 2. The molecule has 2 rings (SSSR count). The average molecular weight is 368 g/mol. The van der Waals surface area contributed by atoms with Gasteiger partial charge in [-0.15, -0.1) is 0 Å². The molecule has 0 bridgehead atoms. The third-order valence-electron chi connectivity index (χ3n) is 3.16. The highest BCUT2D eigenvalue weighted by molar-refractivity contribution is 6.35. The van der Waals surface area contributed by atoms with Crippen LogP contribution in [-0.4, -0.2) is 48.0 Å². The number of hydrogen-bond donors (Lipinski definition) is 2. The van der Waals surface area contributed by atoms with Crippen molar-refractivity contribution in [1.29, 1.82) is 0 Å². The van der Waals surface area contributed by atoms with Gasteiger partial charge in [-0.25, -0.2) is 9.97 Å². The van der Waals surface area contributed by atoms with Crippen molar-refractivity contribution in [3.05, 3.63) is 46.2 Å². The van der Waals surface area contributed by atoms with Crippen LogP contribution >= 0.6 is 23.2 Å². The summed E-state index contributed by atoms with van der Waals surface area (Å²) in [5.74, 6) is 0.143. The maximum Gasteiger partial charge on any atom is 0.254 e. The lowest BCUT2D eigenvalue weighted by Crippen LogP contribution is -2.27. The van der Waals surface area contributed by atoms with E-state index in [1.165, 1.54) is 12.4 Å². The van der Waals surface area contributed by atoms with Crippen LogP contribution in [0.4, 0.5) is 11.6 Å². The highest BCUT2D eigenvalue weighted by Gasteiger charge is 2.08. The lowest BCUT2D eigenvalue weighted by Gasteiger charge is -2.10. The Morgan fingerprint density at radius 3 is 2.58 bits per heavy atom. The predicted molar refractivity (Wildman–Crippen MR) is 97.3 cm³/mol. The summed E-state index contributed by atoms with van der Waals surface area (Å²) in [6, 6.07) is 5.06. The minimum absolute atomic E-state index is 0.193. The van der Waals surface area contributed by atoms with Gasteiger partial charge < -0.3 is 15.5 Å². The number of anilines is 2. The summed E-state index contributed by atoms with van der Waals surface area (Å²) >= 11 is 12.0. The SMILES string of the molecule is CN(C)CCCNC(=O)c1cnc(Nc2cc(Cl)ccc2Cl)nc1. The van der Waals surface area contributed by atoms with Crippen LogP contribution < -0.4 is 10.6 Å². The van der Waals surface area contributed by atoms with Crippen LogP contribution in [0.3, 0.4) is 0 Å². The number of nitrogens with zero attached hydrogens (tertiary/aromatic N) is 3. The zero-order valence-electron chi connectivity index (χ0n) is 13.5. The zero-order chi connectivity index (χ0) is 17.5. The molecule has 2 aromatic rings. The van der Waals surface area contributed by atoms with Crippen LogP contribution in [0.25, 0.3) is 0 Å². The molecule has 0 fully saturated rings. The molecule has 0 spiro atoms. The molecular weight excluding hydrogens is 349 g/mol. The normalized spacial score (nSPS) is 10.7. The first-order valence-electron chi connectivity index (χ1n) is 7.43. The Bertz CT molecular complexity index is 691. The number of hydrogen-bond acceptors (Lipinski definition) is 5. The standard InChI is InChI=1S/C16H19Cl2N5O/c1-23(2)7-3-6-19-15(24)11-9-20-16(21-10-11)22-14-8-12(17)4-5-13(14)18/h4-5,8-10H,3,6-7H2,1-2H3,(H,19,24)(H,20,21,22). The van der Waals surface area contributed by atoms with E-state index in [4.69, 9.17) is 23.2 Å². The molecule has 0 aliphatic carbocycles. The van der Waals surface area contributed by atoms with Crippen LogP contribution in [0.2, 0.25) is 10.0 Å². The van der Waals surface area contributed by atoms with E-state index in [2.05, 4.69) is 25.5 Å². The first-order valence-corrected chi connectivity index (χ1v) is 8.18. The number of benzene rings is 1. The van der Waals surface area contributed by atoms with E-state index in [0.717, 1.165) is 13.0 Å². The van der Waals surface area contributed by atoms with Crippen LogP contribution in [0.15, 0.2) is 30.6 Å². The van der Waals surface area contributed by atoms with E-state index in [1.54, 1.807) is 18.2 Å². The van der Waals surface area contributed by atoms with Gasteiger partial charge in [-0.05, 0) is 45.3 Å². The molecule has 6 nitrogen and oxygen atoms in total. The summed E-state index contributed by atoms with van der Waals surface area (Å²) in [5, 5.41) is 6.86. The Kier molecular flexibility index (Phi) is 6.78. The van der Waals surface area contributed by atoms with E-state index in [-0.39, 0.29) is 5.91 Å². The summed E-state index contributed by atoms with van der Waals surface area (Å²) in [4.78, 5) is 22.3. The highest BCUT2D eigenvalue weighted by atomic mass is 35.5. The zero-order valence-corrected chi connectivity index (χ0v) is 15.0. The van der Waals surface area contributed by atoms with E-state index < -0.39 is 0 Å². The van der Waals surface area contributed by atoms with Crippen molar-refractivity contribution in [3.8, 4) is 0 Å². The minimum Gasteiger partial charge on any atom is -0.352 e. The molecule has 0 aliphatic rings. The van der Waals surface area contributed by atoms with Crippen molar-refractivity contribution < 1.29 is 4.79 Å². The smallest absolute Gasteiger partial charge is 0.254 e. The van der Waals surface area contributed by atoms with E-state index in [9.17, 15) is 4.79 Å². The highest BCUT2D eigenvalue weighted by Crippen LogP contribution is 2.27. The lowest BCUT2D eigenvalue weighted by molar-refractivity contribution is 0.0951. The molecule has 1 aromatic heterocycles. The lowest BCUT2D eigenvalue weighted by atomic mass is 10.3. The first-order chi connectivity index (χ1) is 11.5. The molecule has 0 radical (unpaired) electrons. The van der Waals surface area contributed by atoms with Gasteiger partial charge in [0.15, 0.2) is 0 Å². The number of rotatable bonds is 7. The van der Waals surface area contributed by atoms with Gasteiger partial charge in [0.25, 0.3) is 5.91 Å². The molecule has 0 aliphatic heterocycles. The summed E-state index contributed by atoms with van der Waals surface area (Å²) in [6.07, 6.45) is 3.82. The second kappa shape index (κ2) is 8.82. The molecule has 0 saturated heterocycles. The minimum atomic E-state index is -0.193. The number of carbonyl (C=O) groups excluding carboxylic acids is 1. The Labute approximate surface area is 151 Å². The predicted octanol–water partition coefficient (Wildman–Crippen LogP) is 3.21. The monoisotopic (exact) mass is 367 g/mol. The maximum absolute atomic E-state index is 12.0. The van der Waals surface area contributed by atoms with Crippen LogP contribution in [0.5, 0.6) is 0 Å². The van der Waals surface area contributed by atoms with E-state index in [0.29, 0.717) is 33.8 Å². The van der Waals surface area contributed by atoms with Gasteiger partial charge in [0.05, 0.1) is 16.3 Å². The molecule has 128 valence electrons. The van der Waals surface area contributed by atoms with Gasteiger partial charge in [-0.3, -0.25) is 4.79 Å². The molecule has 1 heterocycles. The van der Waals surface area contributed by atoms with Gasteiger partial charge in [0, 0.05) is 24.0 Å². The Morgan fingerprint density at radius 2 is 1.92 bits per heavy atom. The number of aromatic nitrogens is 2. The molecular formula is C16H19Cl2N5O. The molecule has 1 aromatic carbocycles. The fraction of sp³-hybridized carbons (Fsp3) is 0.312. The van der Waals surface area contributed by atoms with Crippen molar-refractivity contribution in [2.75, 3.05) is 32.5 Å². The fourth-order valence-electron chi connectivity index (χ4n) is 1.92. The van der Waals surface area contributed by atoms with Crippen LogP contribution in [-0.2, 0) is 0 Å². The molecule has 2 N–H and O–H groups in total. The summed E-state index contributed by atoms with van der Waals surface area (Å²) in [5.41, 5.74) is 1.01. The molecule has 1 amide bonds. The van der Waals surface area contributed by atoms with Crippen LogP contribution in [0, 0.1) is 0 Å². The second-order valence-electron chi connectivity index (χ2n) is 5.46. The molecule has 8 heteroatoms. The van der Waals surface area contributed by atoms with Crippen LogP contribution in [0.1, 0.15) is 16.8 Å². The van der Waals surface area contributed by atoms with Gasteiger partial charge in [0.2, 0.25) is 5.95 Å². The van der Waals surface area contributed by atoms with E-state index in [1.807, 2.05) is 14.1 Å². The largest absolute Gasteiger partial charge is 0.352 e. The molecule has 0 unspecified atom stereocenters. The summed E-state index contributed by atoms with van der Waals surface area (Å²) in [7, 11) is 3.99. The Morgan fingerprint density at radius 1 is 1.21 bits per heavy atom. The van der Waals surface area contributed by atoms with Gasteiger partial charge in [-0.1, -0.05) is 23.2 Å². The molecule has 24 heavy (non-hydrogen) atoms. The second-order valence-corrected chi connectivity index (χ2v) is 6.30. The summed E-state index contributed by atoms with van der Waals surface area (Å²) < 4.78 is 0. The van der Waals surface area contributed by atoms with Gasteiger partial charge in [0.1, 0.15) is 0 Å². The first kappa shape index (κ1) is 18.4. The number of carbonyl (C=O) groups is 1. The van der Waals surface area contributed by atoms with Crippen molar-refractivity contribution in [2.24, 2.45) is 0 Å². The summed E-state index contributed by atoms with van der Waals surface area (Å²) in [6.45, 7) is 1.52.